The van der Waals surface area contributed by atoms with E-state index in [4.69, 9.17) is 0 Å². The summed E-state index contributed by atoms with van der Waals surface area (Å²) in [4.78, 5) is 14.5. The summed E-state index contributed by atoms with van der Waals surface area (Å²) in [6.45, 7) is 2.27. The summed E-state index contributed by atoms with van der Waals surface area (Å²) in [7, 11) is -3.09. The number of hydrogen-bond donors (Lipinski definition) is 0. The van der Waals surface area contributed by atoms with Crippen molar-refractivity contribution in [2.45, 2.75) is 19.4 Å². The van der Waals surface area contributed by atoms with Crippen LogP contribution in [0.25, 0.3) is 23.0 Å². The van der Waals surface area contributed by atoms with E-state index >= 15 is 0 Å². The van der Waals surface area contributed by atoms with Crippen LogP contribution >= 0.6 is 0 Å². The lowest BCUT2D eigenvalue weighted by Gasteiger charge is -2.25. The number of carbonyl (C=O) groups excluding carboxylic acids is 1. The predicted octanol–water partition coefficient (Wildman–Crippen LogP) is 3.73. The van der Waals surface area contributed by atoms with Crippen LogP contribution < -0.4 is 0 Å². The molecule has 32 heavy (non-hydrogen) atoms. The average Bonchev–Trinajstić information content (AvgIpc) is 3.37. The molecule has 0 aliphatic carbocycles. The Morgan fingerprint density at radius 3 is 2.53 bits per heavy atom. The summed E-state index contributed by atoms with van der Waals surface area (Å²) in [6.07, 6.45) is 5.41. The number of rotatable bonds is 6. The minimum absolute atomic E-state index is 0.00713. The van der Waals surface area contributed by atoms with Crippen LogP contribution in [0.3, 0.4) is 0 Å². The van der Waals surface area contributed by atoms with E-state index in [-0.39, 0.29) is 29.3 Å². The molecule has 2 aromatic carbocycles. The molecule has 1 amide bonds. The molecular weight excluding hydrogens is 429 g/mol. The third kappa shape index (κ3) is 4.80. The summed E-state index contributed by atoms with van der Waals surface area (Å²) in [5, 5.41) is 4.66. The number of halogens is 1. The fourth-order valence-electron chi connectivity index (χ4n) is 3.93. The first-order valence-corrected chi connectivity index (χ1v) is 12.3. The highest BCUT2D eigenvalue weighted by Gasteiger charge is 2.33. The van der Waals surface area contributed by atoms with Crippen LogP contribution in [0.15, 0.2) is 66.9 Å². The third-order valence-corrected chi connectivity index (χ3v) is 7.31. The monoisotopic (exact) mass is 453 g/mol. The Hall–Kier alpha value is -3.26. The number of hydrogen-bond acceptors (Lipinski definition) is 4. The minimum atomic E-state index is -3.09. The molecule has 1 saturated heterocycles. The van der Waals surface area contributed by atoms with E-state index in [2.05, 4.69) is 5.10 Å². The van der Waals surface area contributed by atoms with Crippen molar-refractivity contribution >= 4 is 21.8 Å². The van der Waals surface area contributed by atoms with Crippen molar-refractivity contribution in [3.63, 3.8) is 0 Å². The highest BCUT2D eigenvalue weighted by molar-refractivity contribution is 7.91. The summed E-state index contributed by atoms with van der Waals surface area (Å²) < 4.78 is 38.8. The van der Waals surface area contributed by atoms with Gasteiger partial charge in [-0.2, -0.15) is 5.10 Å². The van der Waals surface area contributed by atoms with Crippen LogP contribution in [-0.2, 0) is 14.6 Å². The summed E-state index contributed by atoms with van der Waals surface area (Å²) in [5.41, 5.74) is 2.89. The molecule has 1 fully saturated rings. The van der Waals surface area contributed by atoms with Crippen LogP contribution in [0.1, 0.15) is 18.9 Å². The molecule has 1 aliphatic rings. The Kier molecular flexibility index (Phi) is 6.23. The smallest absolute Gasteiger partial charge is 0.246 e. The van der Waals surface area contributed by atoms with Crippen molar-refractivity contribution < 1.29 is 17.6 Å². The summed E-state index contributed by atoms with van der Waals surface area (Å²) in [6, 6.07) is 15.3. The van der Waals surface area contributed by atoms with E-state index in [0.29, 0.717) is 24.2 Å². The van der Waals surface area contributed by atoms with Crippen LogP contribution in [0.5, 0.6) is 0 Å². The van der Waals surface area contributed by atoms with Gasteiger partial charge in [0, 0.05) is 36.0 Å². The molecule has 1 aliphatic heterocycles. The molecule has 1 atom stereocenters. The fraction of sp³-hybridized carbons (Fsp3) is 0.250. The Morgan fingerprint density at radius 2 is 1.91 bits per heavy atom. The second-order valence-electron chi connectivity index (χ2n) is 7.73. The highest BCUT2D eigenvalue weighted by Crippen LogP contribution is 2.26. The van der Waals surface area contributed by atoms with Gasteiger partial charge in [-0.1, -0.05) is 18.2 Å². The van der Waals surface area contributed by atoms with E-state index in [1.807, 2.05) is 43.5 Å². The van der Waals surface area contributed by atoms with Crippen molar-refractivity contribution in [1.82, 2.24) is 14.7 Å². The molecule has 0 spiro atoms. The number of sulfone groups is 1. The van der Waals surface area contributed by atoms with Gasteiger partial charge < -0.3 is 4.90 Å². The first-order chi connectivity index (χ1) is 15.4. The molecule has 1 unspecified atom stereocenters. The topological polar surface area (TPSA) is 72.3 Å². The number of para-hydroxylation sites is 1. The van der Waals surface area contributed by atoms with Gasteiger partial charge in [-0.25, -0.2) is 17.5 Å². The van der Waals surface area contributed by atoms with Crippen molar-refractivity contribution in [3.05, 3.63) is 78.3 Å². The summed E-state index contributed by atoms with van der Waals surface area (Å²) in [5.74, 6) is -0.461. The maximum absolute atomic E-state index is 13.4. The minimum Gasteiger partial charge on any atom is -0.335 e. The number of carbonyl (C=O) groups is 1. The summed E-state index contributed by atoms with van der Waals surface area (Å²) >= 11 is 0. The number of aromatic nitrogens is 2. The van der Waals surface area contributed by atoms with Crippen molar-refractivity contribution in [2.75, 3.05) is 18.1 Å². The van der Waals surface area contributed by atoms with Gasteiger partial charge >= 0.3 is 0 Å². The Labute approximate surface area is 186 Å². The highest BCUT2D eigenvalue weighted by atomic mass is 32.2. The van der Waals surface area contributed by atoms with E-state index in [1.165, 1.54) is 18.2 Å². The molecule has 8 heteroatoms. The zero-order valence-corrected chi connectivity index (χ0v) is 18.5. The van der Waals surface area contributed by atoms with Gasteiger partial charge in [0.05, 0.1) is 22.9 Å². The van der Waals surface area contributed by atoms with Crippen LogP contribution in [0, 0.1) is 5.82 Å². The molecule has 6 nitrogen and oxygen atoms in total. The maximum Gasteiger partial charge on any atom is 0.246 e. The van der Waals surface area contributed by atoms with Gasteiger partial charge in [0.25, 0.3) is 0 Å². The fourth-order valence-corrected chi connectivity index (χ4v) is 5.66. The van der Waals surface area contributed by atoms with E-state index < -0.39 is 9.84 Å². The molecule has 0 radical (unpaired) electrons. The molecule has 4 rings (SSSR count). The zero-order chi connectivity index (χ0) is 22.7. The molecule has 0 bridgehead atoms. The SMILES string of the molecule is CCN(C(=O)C=Cc1cn(-c2ccccc2)nc1-c1ccc(F)cc1)C1CCS(=O)(=O)C1. The second-order valence-corrected chi connectivity index (χ2v) is 9.96. The van der Waals surface area contributed by atoms with Gasteiger partial charge in [-0.05, 0) is 55.8 Å². The average molecular weight is 454 g/mol. The predicted molar refractivity (Wildman–Crippen MR) is 122 cm³/mol. The molecule has 3 aromatic rings. The maximum atomic E-state index is 13.4. The Bertz CT molecular complexity index is 1240. The molecule has 0 saturated carbocycles. The van der Waals surface area contributed by atoms with Gasteiger partial charge in [-0.15, -0.1) is 0 Å². The Morgan fingerprint density at radius 1 is 1.19 bits per heavy atom. The number of benzene rings is 2. The van der Waals surface area contributed by atoms with Gasteiger partial charge in [0.15, 0.2) is 9.84 Å². The van der Waals surface area contributed by atoms with Gasteiger partial charge in [0.1, 0.15) is 5.82 Å². The van der Waals surface area contributed by atoms with Crippen LogP contribution in [0.4, 0.5) is 4.39 Å². The van der Waals surface area contributed by atoms with Gasteiger partial charge in [-0.3, -0.25) is 4.79 Å². The molecular formula is C24H24FN3O3S. The van der Waals surface area contributed by atoms with Crippen molar-refractivity contribution in [2.24, 2.45) is 0 Å². The molecule has 0 N–H and O–H groups in total. The molecule has 1 aromatic heterocycles. The number of nitrogens with zero attached hydrogens (tertiary/aromatic N) is 3. The largest absolute Gasteiger partial charge is 0.335 e. The third-order valence-electron chi connectivity index (χ3n) is 5.56. The Balaban J connectivity index is 1.65. The molecule has 166 valence electrons. The standard InChI is InChI=1S/C24H24FN3O3S/c1-2-27(22-14-15-32(30,31)17-22)23(29)13-10-19-16-28(21-6-4-3-5-7-21)26-24(19)18-8-11-20(25)12-9-18/h3-13,16,22H,2,14-15,17H2,1H3. The normalized spacial score (nSPS) is 17.6. The van der Waals surface area contributed by atoms with Crippen molar-refractivity contribution in [1.29, 1.82) is 0 Å². The van der Waals surface area contributed by atoms with E-state index in [9.17, 15) is 17.6 Å². The first kappa shape index (κ1) is 22.0. The van der Waals surface area contributed by atoms with E-state index in [1.54, 1.807) is 27.8 Å². The zero-order valence-electron chi connectivity index (χ0n) is 17.7. The number of likely N-dealkylation sites (N-methyl/N-ethyl adjacent to an activating group) is 1. The van der Waals surface area contributed by atoms with Gasteiger partial charge in [0.2, 0.25) is 5.91 Å². The lowest BCUT2D eigenvalue weighted by molar-refractivity contribution is -0.127. The lowest BCUT2D eigenvalue weighted by Crippen LogP contribution is -2.40. The quantitative estimate of drug-likeness (QED) is 0.533. The van der Waals surface area contributed by atoms with Crippen LogP contribution in [0.2, 0.25) is 0 Å². The van der Waals surface area contributed by atoms with Crippen LogP contribution in [-0.4, -0.2) is 53.1 Å². The first-order valence-electron chi connectivity index (χ1n) is 10.5. The van der Waals surface area contributed by atoms with Crippen molar-refractivity contribution in [3.8, 4) is 16.9 Å². The van der Waals surface area contributed by atoms with E-state index in [0.717, 1.165) is 11.3 Å². The number of amides is 1. The molecule has 2 heterocycles. The lowest BCUT2D eigenvalue weighted by atomic mass is 10.1. The second kappa shape index (κ2) is 9.08.